The smallest absolute Gasteiger partial charge is 0.0598 e. The van der Waals surface area contributed by atoms with Crippen LogP contribution >= 0.6 is 0 Å². The van der Waals surface area contributed by atoms with Crippen LogP contribution in [0, 0.1) is 5.41 Å². The van der Waals surface area contributed by atoms with Gasteiger partial charge in [-0.15, -0.1) is 0 Å². The first-order chi connectivity index (χ1) is 5.76. The van der Waals surface area contributed by atoms with Gasteiger partial charge in [-0.25, -0.2) is 0 Å². The Kier molecular flexibility index (Phi) is 3.13. The fourth-order valence-electron chi connectivity index (χ4n) is 2.13. The molecule has 0 aromatic heterocycles. The van der Waals surface area contributed by atoms with Crippen molar-refractivity contribution in [3.05, 3.63) is 0 Å². The molecular formula is C10H22N2. The summed E-state index contributed by atoms with van der Waals surface area (Å²) in [6.45, 7) is 5.32. The summed E-state index contributed by atoms with van der Waals surface area (Å²) in [6.07, 6.45) is 4.97. The lowest BCUT2D eigenvalue weighted by molar-refractivity contribution is 0.276. The molecule has 0 aromatic rings. The second-order valence-corrected chi connectivity index (χ2v) is 3.92. The first-order valence-corrected chi connectivity index (χ1v) is 5.13. The molecule has 2 nitrogen and oxygen atoms in total. The number of nitrogens with zero attached hydrogens (tertiary/aromatic N) is 1. The van der Waals surface area contributed by atoms with Gasteiger partial charge in [0.2, 0.25) is 0 Å². The predicted molar refractivity (Wildman–Crippen MR) is 53.1 cm³/mol. The molecule has 0 aromatic carbocycles. The SMILES string of the molecule is CC.CNC1CC2(CC2)CN1C. The third-order valence-electron chi connectivity index (χ3n) is 3.03. The Morgan fingerprint density at radius 3 is 2.17 bits per heavy atom. The van der Waals surface area contributed by atoms with E-state index in [2.05, 4.69) is 24.3 Å². The maximum absolute atomic E-state index is 3.34. The minimum absolute atomic E-state index is 0.655. The van der Waals surface area contributed by atoms with E-state index < -0.39 is 0 Å². The second kappa shape index (κ2) is 3.75. The molecule has 2 aliphatic rings. The van der Waals surface area contributed by atoms with E-state index in [1.807, 2.05) is 13.8 Å². The quantitative estimate of drug-likeness (QED) is 0.644. The molecule has 1 N–H and O–H groups in total. The molecule has 1 atom stereocenters. The zero-order valence-corrected chi connectivity index (χ0v) is 8.85. The van der Waals surface area contributed by atoms with E-state index in [9.17, 15) is 0 Å². The van der Waals surface area contributed by atoms with Gasteiger partial charge in [-0.05, 0) is 38.8 Å². The minimum atomic E-state index is 0.655. The van der Waals surface area contributed by atoms with E-state index in [1.54, 1.807) is 0 Å². The molecule has 1 heterocycles. The van der Waals surface area contributed by atoms with Crippen LogP contribution in [0.25, 0.3) is 0 Å². The second-order valence-electron chi connectivity index (χ2n) is 3.92. The largest absolute Gasteiger partial charge is 0.305 e. The average molecular weight is 170 g/mol. The zero-order valence-electron chi connectivity index (χ0n) is 8.85. The Labute approximate surface area is 76.3 Å². The van der Waals surface area contributed by atoms with Gasteiger partial charge in [0.05, 0.1) is 6.17 Å². The first kappa shape index (κ1) is 10.0. The van der Waals surface area contributed by atoms with E-state index in [0.29, 0.717) is 6.17 Å². The summed E-state index contributed by atoms with van der Waals surface area (Å²) in [5, 5.41) is 3.34. The van der Waals surface area contributed by atoms with Crippen molar-refractivity contribution in [2.45, 2.75) is 39.3 Å². The van der Waals surface area contributed by atoms with Gasteiger partial charge in [-0.3, -0.25) is 4.90 Å². The minimum Gasteiger partial charge on any atom is -0.305 e. The number of hydrogen-bond donors (Lipinski definition) is 1. The highest BCUT2D eigenvalue weighted by atomic mass is 15.3. The van der Waals surface area contributed by atoms with E-state index >= 15 is 0 Å². The third kappa shape index (κ3) is 1.80. The molecular weight excluding hydrogens is 148 g/mol. The fraction of sp³-hybridized carbons (Fsp3) is 1.00. The highest BCUT2D eigenvalue weighted by Crippen LogP contribution is 2.53. The standard InChI is InChI=1S/C8H16N2.C2H6/c1-9-7-5-8(3-4-8)6-10(7)2;1-2/h7,9H,3-6H2,1-2H3;1-2H3. The molecule has 12 heavy (non-hydrogen) atoms. The summed E-state index contributed by atoms with van der Waals surface area (Å²) in [4.78, 5) is 2.44. The van der Waals surface area contributed by atoms with Crippen LogP contribution in [0.3, 0.4) is 0 Å². The van der Waals surface area contributed by atoms with Crippen molar-refractivity contribution < 1.29 is 0 Å². The van der Waals surface area contributed by atoms with Crippen molar-refractivity contribution in [3.8, 4) is 0 Å². The molecule has 1 aliphatic carbocycles. The molecule has 2 fully saturated rings. The van der Waals surface area contributed by atoms with Crippen LogP contribution in [0.5, 0.6) is 0 Å². The summed E-state index contributed by atoms with van der Waals surface area (Å²) >= 11 is 0. The summed E-state index contributed by atoms with van der Waals surface area (Å²) in [7, 11) is 4.27. The van der Waals surface area contributed by atoms with Crippen LogP contribution in [0.2, 0.25) is 0 Å². The van der Waals surface area contributed by atoms with E-state index in [-0.39, 0.29) is 0 Å². The molecule has 1 aliphatic heterocycles. The molecule has 0 bridgehead atoms. The van der Waals surface area contributed by atoms with Gasteiger partial charge in [-0.1, -0.05) is 13.8 Å². The van der Waals surface area contributed by atoms with Crippen molar-refractivity contribution in [2.75, 3.05) is 20.6 Å². The average Bonchev–Trinajstić information content (AvgIpc) is 2.75. The van der Waals surface area contributed by atoms with Crippen molar-refractivity contribution in [1.82, 2.24) is 10.2 Å². The number of likely N-dealkylation sites (tertiary alicyclic amines) is 1. The Hall–Kier alpha value is -0.0800. The van der Waals surface area contributed by atoms with Crippen LogP contribution in [0.15, 0.2) is 0 Å². The zero-order chi connectivity index (χ0) is 9.19. The van der Waals surface area contributed by atoms with E-state index in [4.69, 9.17) is 0 Å². The lowest BCUT2D eigenvalue weighted by atomic mass is 10.1. The van der Waals surface area contributed by atoms with Gasteiger partial charge < -0.3 is 5.32 Å². The van der Waals surface area contributed by atoms with Crippen LogP contribution < -0.4 is 5.32 Å². The lowest BCUT2D eigenvalue weighted by Gasteiger charge is -2.17. The van der Waals surface area contributed by atoms with Crippen LogP contribution in [0.1, 0.15) is 33.1 Å². The van der Waals surface area contributed by atoms with Gasteiger partial charge in [0.25, 0.3) is 0 Å². The Morgan fingerprint density at radius 2 is 1.92 bits per heavy atom. The highest BCUT2D eigenvalue weighted by Gasteiger charge is 2.50. The number of nitrogens with one attached hydrogen (secondary N) is 1. The molecule has 1 unspecified atom stereocenters. The lowest BCUT2D eigenvalue weighted by Crippen LogP contribution is -2.35. The molecule has 2 rings (SSSR count). The Bertz CT molecular complexity index is 141. The summed E-state index contributed by atoms with van der Waals surface area (Å²) in [5.41, 5.74) is 0.752. The van der Waals surface area contributed by atoms with Gasteiger partial charge in [0.1, 0.15) is 0 Å². The maximum Gasteiger partial charge on any atom is 0.0598 e. The topological polar surface area (TPSA) is 15.3 Å². The monoisotopic (exact) mass is 170 g/mol. The predicted octanol–water partition coefficient (Wildman–Crippen LogP) is 1.67. The fourth-order valence-corrected chi connectivity index (χ4v) is 2.13. The molecule has 72 valence electrons. The molecule has 1 saturated carbocycles. The molecule has 1 spiro atoms. The van der Waals surface area contributed by atoms with Crippen molar-refractivity contribution >= 4 is 0 Å². The molecule has 1 saturated heterocycles. The summed E-state index contributed by atoms with van der Waals surface area (Å²) < 4.78 is 0. The molecule has 0 amide bonds. The van der Waals surface area contributed by atoms with Crippen molar-refractivity contribution in [2.24, 2.45) is 5.41 Å². The maximum atomic E-state index is 3.34. The van der Waals surface area contributed by atoms with Crippen molar-refractivity contribution in [1.29, 1.82) is 0 Å². The Morgan fingerprint density at radius 1 is 1.33 bits per heavy atom. The van der Waals surface area contributed by atoms with Crippen LogP contribution in [0.4, 0.5) is 0 Å². The van der Waals surface area contributed by atoms with E-state index in [0.717, 1.165) is 5.41 Å². The third-order valence-corrected chi connectivity index (χ3v) is 3.03. The Balaban J connectivity index is 0.000000336. The first-order valence-electron chi connectivity index (χ1n) is 5.13. The number of hydrogen-bond acceptors (Lipinski definition) is 2. The summed E-state index contributed by atoms with van der Waals surface area (Å²) in [5.74, 6) is 0. The van der Waals surface area contributed by atoms with Gasteiger partial charge in [0, 0.05) is 6.54 Å². The van der Waals surface area contributed by atoms with Gasteiger partial charge in [-0.2, -0.15) is 0 Å². The normalized spacial score (nSPS) is 31.5. The van der Waals surface area contributed by atoms with Gasteiger partial charge in [0.15, 0.2) is 0 Å². The number of rotatable bonds is 1. The highest BCUT2D eigenvalue weighted by molar-refractivity contribution is 5.02. The molecule has 0 radical (unpaired) electrons. The van der Waals surface area contributed by atoms with Gasteiger partial charge >= 0.3 is 0 Å². The van der Waals surface area contributed by atoms with Crippen molar-refractivity contribution in [3.63, 3.8) is 0 Å². The van der Waals surface area contributed by atoms with E-state index in [1.165, 1.54) is 25.8 Å². The van der Waals surface area contributed by atoms with Crippen LogP contribution in [-0.4, -0.2) is 31.7 Å². The molecule has 2 heteroatoms. The van der Waals surface area contributed by atoms with Crippen LogP contribution in [-0.2, 0) is 0 Å². The summed E-state index contributed by atoms with van der Waals surface area (Å²) in [6, 6.07) is 0.